The zero-order chi connectivity index (χ0) is 23.3. The largest absolute Gasteiger partial charge is 0.416 e. The summed E-state index contributed by atoms with van der Waals surface area (Å²) in [5, 5.41) is 1.46. The molecule has 32 heavy (non-hydrogen) atoms. The first kappa shape index (κ1) is 24.1. The number of hydrogen-bond donors (Lipinski definition) is 0. The van der Waals surface area contributed by atoms with Gasteiger partial charge in [0.2, 0.25) is 0 Å². The molecule has 0 saturated carbocycles. The predicted molar refractivity (Wildman–Crippen MR) is 125 cm³/mol. The lowest BCUT2D eigenvalue weighted by Crippen LogP contribution is -2.31. The minimum atomic E-state index is -4.39. The van der Waals surface area contributed by atoms with Crippen LogP contribution in [0.25, 0.3) is 10.9 Å². The van der Waals surface area contributed by atoms with Crippen molar-refractivity contribution in [3.63, 3.8) is 0 Å². The zero-order valence-electron chi connectivity index (χ0n) is 19.3. The predicted octanol–water partition coefficient (Wildman–Crippen LogP) is 5.90. The number of likely N-dealkylation sites (N-methyl/N-ethyl adjacent to an activating group) is 1. The number of aromatic nitrogens is 1. The van der Waals surface area contributed by atoms with E-state index in [0.29, 0.717) is 12.1 Å². The van der Waals surface area contributed by atoms with Crippen LogP contribution in [0.5, 0.6) is 0 Å². The van der Waals surface area contributed by atoms with Crippen LogP contribution in [-0.4, -0.2) is 35.1 Å². The van der Waals surface area contributed by atoms with Gasteiger partial charge < -0.3 is 9.47 Å². The van der Waals surface area contributed by atoms with Crippen molar-refractivity contribution in [3.8, 4) is 0 Å². The minimum absolute atomic E-state index is 0.0393. The van der Waals surface area contributed by atoms with E-state index in [0.717, 1.165) is 48.4 Å². The summed E-state index contributed by atoms with van der Waals surface area (Å²) in [6.45, 7) is 11.6. The Morgan fingerprint density at radius 3 is 2.34 bits per heavy atom. The molecule has 6 heteroatoms. The molecule has 0 amide bonds. The number of hydrogen-bond acceptors (Lipinski definition) is 2. The van der Waals surface area contributed by atoms with Gasteiger partial charge in [-0.2, -0.15) is 13.2 Å². The lowest BCUT2D eigenvalue weighted by atomic mass is 10.1. The van der Waals surface area contributed by atoms with Crippen LogP contribution >= 0.6 is 0 Å². The molecule has 172 valence electrons. The molecular formula is C26H32F3N3. The molecule has 0 spiro atoms. The Kier molecular flexibility index (Phi) is 7.77. The molecular weight excluding hydrogens is 411 g/mol. The van der Waals surface area contributed by atoms with Gasteiger partial charge in [0.05, 0.1) is 22.5 Å². The normalized spacial score (nSPS) is 13.8. The van der Waals surface area contributed by atoms with E-state index in [-0.39, 0.29) is 6.04 Å². The first-order chi connectivity index (χ1) is 15.2. The summed E-state index contributed by atoms with van der Waals surface area (Å²) in [6, 6.07) is 14.1. The van der Waals surface area contributed by atoms with Crippen molar-refractivity contribution in [2.75, 3.05) is 19.6 Å². The van der Waals surface area contributed by atoms with Crippen LogP contribution in [0.3, 0.4) is 0 Å². The second-order valence-electron chi connectivity index (χ2n) is 8.20. The number of nitrogens with zero attached hydrogens (tertiary/aromatic N) is 3. The Morgan fingerprint density at radius 2 is 1.69 bits per heavy atom. The number of fused-ring (bicyclic) bond motifs is 1. The Morgan fingerprint density at radius 1 is 0.969 bits per heavy atom. The van der Waals surface area contributed by atoms with E-state index >= 15 is 0 Å². The van der Waals surface area contributed by atoms with Crippen LogP contribution in [-0.2, 0) is 19.1 Å². The van der Waals surface area contributed by atoms with Crippen molar-refractivity contribution in [1.82, 2.24) is 9.47 Å². The molecule has 1 aromatic heterocycles. The maximum atomic E-state index is 13.5. The van der Waals surface area contributed by atoms with Gasteiger partial charge >= 0.3 is 6.18 Å². The fraction of sp³-hybridized carbons (Fsp3) is 0.423. The molecule has 0 N–H and O–H groups in total. The molecule has 1 atom stereocenters. The summed E-state index contributed by atoms with van der Waals surface area (Å²) in [5.41, 5.74) is 2.17. The summed E-state index contributed by atoms with van der Waals surface area (Å²) in [4.78, 5) is 7.15. The van der Waals surface area contributed by atoms with E-state index < -0.39 is 11.7 Å². The van der Waals surface area contributed by atoms with Gasteiger partial charge in [-0.1, -0.05) is 51.1 Å². The molecule has 0 aliphatic carbocycles. The molecule has 3 nitrogen and oxygen atoms in total. The average molecular weight is 444 g/mol. The molecule has 1 unspecified atom stereocenters. The molecule has 3 rings (SSSR count). The Bertz CT molecular complexity index is 1110. The molecule has 2 aromatic carbocycles. The molecule has 0 fully saturated rings. The lowest BCUT2D eigenvalue weighted by molar-refractivity contribution is -0.137. The Labute approximate surface area is 188 Å². The first-order valence-corrected chi connectivity index (χ1v) is 11.3. The molecule has 0 radical (unpaired) electrons. The van der Waals surface area contributed by atoms with E-state index in [2.05, 4.69) is 37.8 Å². The first-order valence-electron chi connectivity index (χ1n) is 11.3. The van der Waals surface area contributed by atoms with Crippen molar-refractivity contribution in [1.29, 1.82) is 0 Å². The summed E-state index contributed by atoms with van der Waals surface area (Å²) < 4.78 is 42.3. The maximum absolute atomic E-state index is 13.5. The summed E-state index contributed by atoms with van der Waals surface area (Å²) in [5.74, 6) is 0. The summed E-state index contributed by atoms with van der Waals surface area (Å²) in [7, 11) is 0. The summed E-state index contributed by atoms with van der Waals surface area (Å²) in [6.07, 6.45) is -1.62. The highest BCUT2D eigenvalue weighted by Crippen LogP contribution is 2.31. The second kappa shape index (κ2) is 10.3. The van der Waals surface area contributed by atoms with Crippen molar-refractivity contribution in [3.05, 3.63) is 76.8 Å². The lowest BCUT2D eigenvalue weighted by Gasteiger charge is -2.20. The third-order valence-corrected chi connectivity index (χ3v) is 5.85. The highest BCUT2D eigenvalue weighted by atomic mass is 19.4. The van der Waals surface area contributed by atoms with Gasteiger partial charge in [-0.25, -0.2) is 0 Å². The number of pyridine rings is 1. The van der Waals surface area contributed by atoms with Gasteiger partial charge in [0, 0.05) is 24.7 Å². The second-order valence-corrected chi connectivity index (χ2v) is 8.20. The highest BCUT2D eigenvalue weighted by molar-refractivity contribution is 5.79. The van der Waals surface area contributed by atoms with Crippen LogP contribution in [0.1, 0.15) is 44.4 Å². The number of alkyl halides is 3. The van der Waals surface area contributed by atoms with Crippen LogP contribution in [0.15, 0.2) is 59.7 Å². The van der Waals surface area contributed by atoms with Crippen LogP contribution in [0.2, 0.25) is 0 Å². The van der Waals surface area contributed by atoms with Gasteiger partial charge in [-0.05, 0) is 55.8 Å². The van der Waals surface area contributed by atoms with E-state index in [1.165, 1.54) is 11.6 Å². The van der Waals surface area contributed by atoms with Gasteiger partial charge in [0.15, 0.2) is 0 Å². The van der Waals surface area contributed by atoms with Gasteiger partial charge in [-0.3, -0.25) is 4.99 Å². The maximum Gasteiger partial charge on any atom is 0.416 e. The molecule has 0 aliphatic rings. The van der Waals surface area contributed by atoms with Gasteiger partial charge in [-0.15, -0.1) is 0 Å². The third-order valence-electron chi connectivity index (χ3n) is 5.85. The standard InChI is InChI=1S/C26H32F3N3/c1-5-20-9-8-10-21(15-20)18-32-14-13-24(30-19(4)17-31(6-2)7-3)23-12-11-22(16-25(23)32)26(27,28)29/h8-16,19H,5-7,17-18H2,1-4H3. The molecule has 3 aromatic rings. The minimum Gasteiger partial charge on any atom is -0.343 e. The fourth-order valence-corrected chi connectivity index (χ4v) is 4.02. The van der Waals surface area contributed by atoms with E-state index in [9.17, 15) is 13.2 Å². The van der Waals surface area contributed by atoms with E-state index in [1.807, 2.05) is 35.9 Å². The topological polar surface area (TPSA) is 20.5 Å². The van der Waals surface area contributed by atoms with Crippen molar-refractivity contribution < 1.29 is 13.2 Å². The van der Waals surface area contributed by atoms with Crippen molar-refractivity contribution in [2.24, 2.45) is 4.99 Å². The highest BCUT2D eigenvalue weighted by Gasteiger charge is 2.30. The molecule has 0 aliphatic heterocycles. The van der Waals surface area contributed by atoms with Crippen LogP contribution in [0.4, 0.5) is 13.2 Å². The Hall–Kier alpha value is -2.60. The number of benzene rings is 2. The van der Waals surface area contributed by atoms with Crippen LogP contribution in [0, 0.1) is 0 Å². The molecule has 1 heterocycles. The molecule has 0 saturated heterocycles. The Balaban J connectivity index is 2.10. The van der Waals surface area contributed by atoms with Gasteiger partial charge in [0.25, 0.3) is 0 Å². The van der Waals surface area contributed by atoms with Gasteiger partial charge in [0.1, 0.15) is 0 Å². The number of halogens is 3. The quantitative estimate of drug-likeness (QED) is 0.424. The zero-order valence-corrected chi connectivity index (χ0v) is 19.3. The smallest absolute Gasteiger partial charge is 0.343 e. The monoisotopic (exact) mass is 443 g/mol. The fourth-order valence-electron chi connectivity index (χ4n) is 4.02. The number of rotatable bonds is 8. The third kappa shape index (κ3) is 5.80. The van der Waals surface area contributed by atoms with Crippen LogP contribution < -0.4 is 5.36 Å². The summed E-state index contributed by atoms with van der Waals surface area (Å²) >= 11 is 0. The average Bonchev–Trinajstić information content (AvgIpc) is 2.78. The SMILES string of the molecule is CCc1cccc(Cn2ccc(=NC(C)CN(CC)CC)c3ccc(C(F)(F)F)cc32)c1. The molecule has 0 bridgehead atoms. The van der Waals surface area contributed by atoms with Crippen molar-refractivity contribution >= 4 is 10.9 Å². The van der Waals surface area contributed by atoms with Crippen molar-refractivity contribution in [2.45, 2.75) is 52.9 Å². The van der Waals surface area contributed by atoms with E-state index in [4.69, 9.17) is 4.99 Å². The number of aryl methyl sites for hydroxylation is 1. The van der Waals surface area contributed by atoms with E-state index in [1.54, 1.807) is 6.07 Å².